The fraction of sp³-hybridized carbons (Fsp3) is 0.143. The van der Waals surface area contributed by atoms with Gasteiger partial charge in [-0.1, -0.05) is 11.6 Å². The Kier molecular flexibility index (Phi) is 5.92. The highest BCUT2D eigenvalue weighted by molar-refractivity contribution is 6.33. The monoisotopic (exact) mass is 461 g/mol. The molecule has 0 aliphatic rings. The summed E-state index contributed by atoms with van der Waals surface area (Å²) < 4.78 is 38.2. The zero-order chi connectivity index (χ0) is 22.9. The normalized spacial score (nSPS) is 12.7. The third-order valence-corrected chi connectivity index (χ3v) is 4.92. The fourth-order valence-electron chi connectivity index (χ4n) is 2.99. The van der Waals surface area contributed by atoms with Crippen molar-refractivity contribution in [3.05, 3.63) is 71.3 Å². The van der Waals surface area contributed by atoms with Crippen LogP contribution in [0.25, 0.3) is 22.2 Å². The molecule has 0 amide bonds. The molecular weight excluding hydrogens is 447 g/mol. The van der Waals surface area contributed by atoms with Gasteiger partial charge in [0.2, 0.25) is 0 Å². The predicted molar refractivity (Wildman–Crippen MR) is 112 cm³/mol. The smallest absolute Gasteiger partial charge is 0.393 e. The van der Waals surface area contributed by atoms with E-state index in [0.29, 0.717) is 33.5 Å². The molecule has 32 heavy (non-hydrogen) atoms. The minimum absolute atomic E-state index is 0.187. The van der Waals surface area contributed by atoms with E-state index in [1.54, 1.807) is 12.1 Å². The number of halogens is 4. The Bertz CT molecular complexity index is 1270. The van der Waals surface area contributed by atoms with Gasteiger partial charge in [-0.05, 0) is 30.3 Å². The Balaban J connectivity index is 1.64. The van der Waals surface area contributed by atoms with E-state index < -0.39 is 24.5 Å². The summed E-state index contributed by atoms with van der Waals surface area (Å²) in [4.78, 5) is 16.7. The lowest BCUT2D eigenvalue weighted by Crippen LogP contribution is -2.06. The first kappa shape index (κ1) is 21.9. The molecule has 0 saturated carbocycles. The van der Waals surface area contributed by atoms with Crippen molar-refractivity contribution in [1.29, 1.82) is 0 Å². The molecular formula is C21H15ClF3N5O2. The zero-order valence-electron chi connectivity index (χ0n) is 16.2. The van der Waals surface area contributed by atoms with Gasteiger partial charge in [0.05, 0.1) is 22.9 Å². The van der Waals surface area contributed by atoms with E-state index in [2.05, 4.69) is 25.3 Å². The Morgan fingerprint density at radius 1 is 1.00 bits per heavy atom. The third-order valence-electron chi connectivity index (χ3n) is 4.63. The Hall–Kier alpha value is -3.34. The van der Waals surface area contributed by atoms with Crippen LogP contribution in [0, 0.1) is 0 Å². The molecule has 0 spiro atoms. The molecule has 7 nitrogen and oxygen atoms in total. The van der Waals surface area contributed by atoms with Crippen molar-refractivity contribution in [1.82, 2.24) is 19.9 Å². The van der Waals surface area contributed by atoms with Crippen LogP contribution >= 0.6 is 11.6 Å². The number of nitrogens with one attached hydrogen (secondary N) is 1. The molecule has 4 aromatic rings. The summed E-state index contributed by atoms with van der Waals surface area (Å²) in [6, 6.07) is 7.16. The number of anilines is 2. The van der Waals surface area contributed by atoms with Gasteiger partial charge in [-0.3, -0.25) is 9.97 Å². The van der Waals surface area contributed by atoms with Gasteiger partial charge in [-0.2, -0.15) is 13.2 Å². The lowest BCUT2D eigenvalue weighted by molar-refractivity contribution is -0.137. The first-order chi connectivity index (χ1) is 15.3. The number of rotatable bonds is 5. The van der Waals surface area contributed by atoms with Gasteiger partial charge >= 0.3 is 6.18 Å². The van der Waals surface area contributed by atoms with Crippen LogP contribution in [-0.2, 0) is 6.18 Å². The number of aliphatic hydroxyl groups is 2. The molecule has 11 heteroatoms. The molecule has 3 N–H and O–H groups in total. The number of hydrogen-bond donors (Lipinski definition) is 3. The summed E-state index contributed by atoms with van der Waals surface area (Å²) in [5.41, 5.74) is 1.05. The number of nitrogens with zero attached hydrogens (tertiary/aromatic N) is 4. The zero-order valence-corrected chi connectivity index (χ0v) is 16.9. The van der Waals surface area contributed by atoms with E-state index in [1.807, 2.05) is 0 Å². The van der Waals surface area contributed by atoms with Crippen LogP contribution < -0.4 is 5.32 Å². The van der Waals surface area contributed by atoms with E-state index in [-0.39, 0.29) is 10.8 Å². The fourth-order valence-corrected chi connectivity index (χ4v) is 3.27. The number of hydrogen-bond acceptors (Lipinski definition) is 7. The average molecular weight is 462 g/mol. The van der Waals surface area contributed by atoms with Crippen LogP contribution in [0.15, 0.2) is 55.1 Å². The minimum Gasteiger partial charge on any atom is -0.393 e. The van der Waals surface area contributed by atoms with Gasteiger partial charge < -0.3 is 15.5 Å². The Morgan fingerprint density at radius 2 is 1.81 bits per heavy atom. The second-order valence-electron chi connectivity index (χ2n) is 6.81. The van der Waals surface area contributed by atoms with Gasteiger partial charge in [-0.15, -0.1) is 0 Å². The van der Waals surface area contributed by atoms with Crippen LogP contribution in [0.4, 0.5) is 24.8 Å². The van der Waals surface area contributed by atoms with Crippen molar-refractivity contribution in [2.45, 2.75) is 12.3 Å². The van der Waals surface area contributed by atoms with Gasteiger partial charge in [0, 0.05) is 41.3 Å². The van der Waals surface area contributed by atoms with Crippen LogP contribution in [0.5, 0.6) is 0 Å². The maximum Gasteiger partial charge on any atom is 0.417 e. The van der Waals surface area contributed by atoms with Crippen molar-refractivity contribution >= 4 is 34.1 Å². The summed E-state index contributed by atoms with van der Waals surface area (Å²) >= 11 is 6.30. The van der Waals surface area contributed by atoms with Crippen LogP contribution in [-0.4, -0.2) is 36.8 Å². The minimum atomic E-state index is -4.47. The quantitative estimate of drug-likeness (QED) is 0.401. The van der Waals surface area contributed by atoms with E-state index in [4.69, 9.17) is 16.7 Å². The van der Waals surface area contributed by atoms with Gasteiger partial charge in [-0.25, -0.2) is 9.97 Å². The molecule has 0 unspecified atom stereocenters. The number of aliphatic hydroxyl groups excluding tert-OH is 2. The van der Waals surface area contributed by atoms with Crippen molar-refractivity contribution in [2.24, 2.45) is 0 Å². The average Bonchev–Trinajstić information content (AvgIpc) is 2.78. The summed E-state index contributed by atoms with van der Waals surface area (Å²) in [5, 5.41) is 22.6. The Morgan fingerprint density at radius 3 is 2.47 bits per heavy atom. The standard InChI is InChI=1S/C21H15ClF3N5O2/c22-15-6-12(16(32)10-31)7-28-18(15)13-5-11-3-4-26-20(19(11)29-8-13)30-17-2-1-14(9-27-17)21(23,24)25/h1-9,16,31-32H,10H2,(H,26,27,30)/t16-/m1/s1. The largest absolute Gasteiger partial charge is 0.417 e. The van der Waals surface area contributed by atoms with Crippen LogP contribution in [0.1, 0.15) is 17.2 Å². The molecule has 164 valence electrons. The first-order valence-electron chi connectivity index (χ1n) is 9.26. The molecule has 0 fully saturated rings. The maximum absolute atomic E-state index is 12.7. The summed E-state index contributed by atoms with van der Waals surface area (Å²) in [7, 11) is 0. The maximum atomic E-state index is 12.7. The topological polar surface area (TPSA) is 104 Å². The second kappa shape index (κ2) is 8.65. The summed E-state index contributed by atoms with van der Waals surface area (Å²) in [6.07, 6.45) is -0.332. The molecule has 1 atom stereocenters. The van der Waals surface area contributed by atoms with E-state index >= 15 is 0 Å². The van der Waals surface area contributed by atoms with E-state index in [9.17, 15) is 18.3 Å². The van der Waals surface area contributed by atoms with Crippen molar-refractivity contribution in [3.63, 3.8) is 0 Å². The molecule has 0 radical (unpaired) electrons. The highest BCUT2D eigenvalue weighted by atomic mass is 35.5. The van der Waals surface area contributed by atoms with Crippen molar-refractivity contribution in [3.8, 4) is 11.3 Å². The van der Waals surface area contributed by atoms with E-state index in [0.717, 1.165) is 12.3 Å². The highest BCUT2D eigenvalue weighted by Crippen LogP contribution is 2.32. The van der Waals surface area contributed by atoms with E-state index in [1.165, 1.54) is 30.7 Å². The molecule has 0 aliphatic heterocycles. The van der Waals surface area contributed by atoms with Crippen molar-refractivity contribution in [2.75, 3.05) is 11.9 Å². The predicted octanol–water partition coefficient (Wildman–Crippen LogP) is 4.53. The second-order valence-corrected chi connectivity index (χ2v) is 7.21. The molecule has 4 heterocycles. The van der Waals surface area contributed by atoms with Gasteiger partial charge in [0.1, 0.15) is 17.4 Å². The van der Waals surface area contributed by atoms with Crippen LogP contribution in [0.3, 0.4) is 0 Å². The summed E-state index contributed by atoms with van der Waals surface area (Å²) in [6.45, 7) is -0.453. The first-order valence-corrected chi connectivity index (χ1v) is 9.64. The summed E-state index contributed by atoms with van der Waals surface area (Å²) in [5.74, 6) is 0.508. The Labute approximate surface area is 184 Å². The molecule has 0 saturated heterocycles. The molecule has 0 aliphatic carbocycles. The van der Waals surface area contributed by atoms with Gasteiger partial charge in [0.25, 0.3) is 0 Å². The van der Waals surface area contributed by atoms with Crippen LogP contribution in [0.2, 0.25) is 5.02 Å². The third kappa shape index (κ3) is 4.47. The number of fused-ring (bicyclic) bond motifs is 1. The highest BCUT2D eigenvalue weighted by Gasteiger charge is 2.30. The molecule has 0 aromatic carbocycles. The number of pyridine rings is 4. The molecule has 0 bridgehead atoms. The molecule has 4 rings (SSSR count). The number of alkyl halides is 3. The molecule has 4 aromatic heterocycles. The van der Waals surface area contributed by atoms with Gasteiger partial charge in [0.15, 0.2) is 5.82 Å². The lowest BCUT2D eigenvalue weighted by Gasteiger charge is -2.12. The van der Waals surface area contributed by atoms with Crippen molar-refractivity contribution < 1.29 is 23.4 Å². The lowest BCUT2D eigenvalue weighted by atomic mass is 10.1. The SMILES string of the molecule is OC[C@@H](O)c1cnc(-c2cnc3c(Nc4ccc(C(F)(F)F)cn4)nccc3c2)c(Cl)c1. The number of aromatic nitrogens is 4.